The Hall–Kier alpha value is -2.87. The summed E-state index contributed by atoms with van der Waals surface area (Å²) in [6, 6.07) is 7.94. The highest BCUT2D eigenvalue weighted by Gasteiger charge is 2.09. The number of hydrogen-bond donors (Lipinski definition) is 1. The fourth-order valence-electron chi connectivity index (χ4n) is 2.27. The molecule has 8 heteroatoms. The van der Waals surface area contributed by atoms with E-state index in [-0.39, 0.29) is 18.0 Å². The molecule has 3 rings (SSSR count). The molecular formula is C17H13F2N3O2S. The number of amides is 1. The molecule has 3 aromatic rings. The number of halogens is 2. The van der Waals surface area contributed by atoms with Gasteiger partial charge in [-0.1, -0.05) is 6.07 Å². The van der Waals surface area contributed by atoms with Crippen LogP contribution < -0.4 is 10.9 Å². The van der Waals surface area contributed by atoms with Crippen molar-refractivity contribution < 1.29 is 13.6 Å². The number of carbonyl (C=O) groups excluding carboxylic acids is 1. The molecule has 0 saturated heterocycles. The monoisotopic (exact) mass is 361 g/mol. The van der Waals surface area contributed by atoms with E-state index in [9.17, 15) is 18.4 Å². The summed E-state index contributed by atoms with van der Waals surface area (Å²) in [6.07, 6.45) is 3.37. The predicted octanol–water partition coefficient (Wildman–Crippen LogP) is 2.81. The lowest BCUT2D eigenvalue weighted by atomic mass is 10.1. The summed E-state index contributed by atoms with van der Waals surface area (Å²) in [5.74, 6) is -1.66. The Kier molecular flexibility index (Phi) is 4.99. The first kappa shape index (κ1) is 17.0. The van der Waals surface area contributed by atoms with Crippen molar-refractivity contribution in [2.45, 2.75) is 13.0 Å². The zero-order valence-electron chi connectivity index (χ0n) is 12.9. The van der Waals surface area contributed by atoms with Crippen LogP contribution in [0.2, 0.25) is 0 Å². The van der Waals surface area contributed by atoms with Crippen molar-refractivity contribution in [2.24, 2.45) is 0 Å². The van der Waals surface area contributed by atoms with Gasteiger partial charge in [-0.15, -0.1) is 11.3 Å². The highest BCUT2D eigenvalue weighted by atomic mass is 32.1. The fraction of sp³-hybridized carbons (Fsp3) is 0.118. The molecule has 0 spiro atoms. The van der Waals surface area contributed by atoms with Crippen molar-refractivity contribution in [3.8, 4) is 0 Å². The van der Waals surface area contributed by atoms with E-state index in [2.05, 4.69) is 10.3 Å². The lowest BCUT2D eigenvalue weighted by molar-refractivity contribution is -0.116. The molecule has 0 atom stereocenters. The van der Waals surface area contributed by atoms with Gasteiger partial charge in [0, 0.05) is 35.8 Å². The van der Waals surface area contributed by atoms with Crippen molar-refractivity contribution in [1.29, 1.82) is 0 Å². The normalized spacial score (nSPS) is 10.6. The lowest BCUT2D eigenvalue weighted by Crippen LogP contribution is -2.26. The molecule has 1 amide bonds. The minimum Gasteiger partial charge on any atom is -0.306 e. The number of benzene rings is 1. The molecule has 0 aliphatic carbocycles. The molecule has 25 heavy (non-hydrogen) atoms. The first-order valence-electron chi connectivity index (χ1n) is 7.34. The number of nitrogens with one attached hydrogen (secondary N) is 1. The Morgan fingerprint density at radius 2 is 1.96 bits per heavy atom. The number of hydrogen-bond acceptors (Lipinski definition) is 4. The highest BCUT2D eigenvalue weighted by Crippen LogP contribution is 2.22. The molecule has 128 valence electrons. The molecule has 5 nitrogen and oxygen atoms in total. The molecule has 2 heterocycles. The second-order valence-corrected chi connectivity index (χ2v) is 6.42. The molecule has 0 unspecified atom stereocenters. The van der Waals surface area contributed by atoms with Gasteiger partial charge in [0.1, 0.15) is 18.2 Å². The van der Waals surface area contributed by atoms with E-state index in [0.717, 1.165) is 10.9 Å². The molecule has 0 bridgehead atoms. The van der Waals surface area contributed by atoms with Gasteiger partial charge in [0.15, 0.2) is 5.13 Å². The molecular weight excluding hydrogens is 348 g/mol. The van der Waals surface area contributed by atoms with Crippen LogP contribution in [0.3, 0.4) is 0 Å². The molecule has 0 radical (unpaired) electrons. The molecule has 1 N–H and O–H groups in total. The van der Waals surface area contributed by atoms with Gasteiger partial charge in [-0.3, -0.25) is 9.59 Å². The smallest absolute Gasteiger partial charge is 0.250 e. The second-order valence-electron chi connectivity index (χ2n) is 5.30. The Balaban J connectivity index is 1.64. The first-order chi connectivity index (χ1) is 12.0. The summed E-state index contributed by atoms with van der Waals surface area (Å²) in [6.45, 7) is -0.121. The van der Waals surface area contributed by atoms with Crippen LogP contribution in [0.4, 0.5) is 13.9 Å². The Bertz CT molecular complexity index is 948. The third-order valence-corrected chi connectivity index (χ3v) is 4.23. The van der Waals surface area contributed by atoms with Crippen molar-refractivity contribution in [3.05, 3.63) is 81.2 Å². The topological polar surface area (TPSA) is 64.0 Å². The maximum Gasteiger partial charge on any atom is 0.250 e. The van der Waals surface area contributed by atoms with E-state index >= 15 is 0 Å². The van der Waals surface area contributed by atoms with Gasteiger partial charge in [0.2, 0.25) is 5.91 Å². The van der Waals surface area contributed by atoms with Crippen LogP contribution >= 0.6 is 11.3 Å². The minimum atomic E-state index is -0.638. The molecule has 0 fully saturated rings. The second kappa shape index (κ2) is 7.35. The van der Waals surface area contributed by atoms with Crippen LogP contribution in [-0.2, 0) is 17.8 Å². The van der Waals surface area contributed by atoms with Gasteiger partial charge in [-0.25, -0.2) is 13.8 Å². The Morgan fingerprint density at radius 1 is 1.20 bits per heavy atom. The van der Waals surface area contributed by atoms with E-state index < -0.39 is 11.6 Å². The van der Waals surface area contributed by atoms with Gasteiger partial charge in [-0.2, -0.15) is 0 Å². The molecule has 2 aromatic heterocycles. The maximum atomic E-state index is 13.2. The number of anilines is 1. The standard InChI is InChI=1S/C17H13F2N3O2S/c18-12-5-11(6-13(19)8-12)7-14-9-20-17(25-14)21-15(23)10-22-4-2-1-3-16(22)24/h1-6,8-9H,7,10H2,(H,20,21,23). The quantitative estimate of drug-likeness (QED) is 0.760. The highest BCUT2D eigenvalue weighted by molar-refractivity contribution is 7.15. The zero-order chi connectivity index (χ0) is 17.8. The SMILES string of the molecule is O=C(Cn1ccccc1=O)Nc1ncc(Cc2cc(F)cc(F)c2)s1. The largest absolute Gasteiger partial charge is 0.306 e. The van der Waals surface area contributed by atoms with Crippen molar-refractivity contribution >= 4 is 22.4 Å². The summed E-state index contributed by atoms with van der Waals surface area (Å²) in [5.41, 5.74) is 0.209. The molecule has 0 aliphatic heterocycles. The average Bonchev–Trinajstić information content (AvgIpc) is 2.95. The van der Waals surface area contributed by atoms with E-state index in [1.807, 2.05) is 0 Å². The van der Waals surface area contributed by atoms with Crippen LogP contribution in [0, 0.1) is 11.6 Å². The van der Waals surface area contributed by atoms with Crippen molar-refractivity contribution in [1.82, 2.24) is 9.55 Å². The van der Waals surface area contributed by atoms with Crippen LogP contribution in [0.25, 0.3) is 0 Å². The summed E-state index contributed by atoms with van der Waals surface area (Å²) in [4.78, 5) is 28.4. The maximum absolute atomic E-state index is 13.2. The number of aromatic nitrogens is 2. The number of carbonyl (C=O) groups is 1. The zero-order valence-corrected chi connectivity index (χ0v) is 13.7. The third kappa shape index (κ3) is 4.57. The molecule has 0 aliphatic rings. The van der Waals surface area contributed by atoms with E-state index in [1.54, 1.807) is 12.1 Å². The van der Waals surface area contributed by atoms with Gasteiger partial charge in [-0.05, 0) is 23.8 Å². The van der Waals surface area contributed by atoms with Gasteiger partial charge >= 0.3 is 0 Å². The van der Waals surface area contributed by atoms with Crippen LogP contribution in [0.15, 0.2) is 53.6 Å². The van der Waals surface area contributed by atoms with Crippen LogP contribution in [0.1, 0.15) is 10.4 Å². The van der Waals surface area contributed by atoms with Gasteiger partial charge in [0.05, 0.1) is 0 Å². The van der Waals surface area contributed by atoms with E-state index in [4.69, 9.17) is 0 Å². The van der Waals surface area contributed by atoms with Gasteiger partial charge < -0.3 is 9.88 Å². The summed E-state index contributed by atoms with van der Waals surface area (Å²) in [5, 5.41) is 2.97. The Labute approximate surface area is 145 Å². The fourth-order valence-corrected chi connectivity index (χ4v) is 3.13. The summed E-state index contributed by atoms with van der Waals surface area (Å²) < 4.78 is 27.7. The third-order valence-electron chi connectivity index (χ3n) is 3.31. The molecule has 1 aromatic carbocycles. The number of rotatable bonds is 5. The first-order valence-corrected chi connectivity index (χ1v) is 8.16. The summed E-state index contributed by atoms with van der Waals surface area (Å²) in [7, 11) is 0. The van der Waals surface area contributed by atoms with Gasteiger partial charge in [0.25, 0.3) is 5.56 Å². The minimum absolute atomic E-state index is 0.121. The van der Waals surface area contributed by atoms with Crippen molar-refractivity contribution in [2.75, 3.05) is 5.32 Å². The average molecular weight is 361 g/mol. The number of thiazole rings is 1. The predicted molar refractivity (Wildman–Crippen MR) is 90.6 cm³/mol. The van der Waals surface area contributed by atoms with E-state index in [0.29, 0.717) is 17.1 Å². The number of nitrogens with zero attached hydrogens (tertiary/aromatic N) is 2. The van der Waals surface area contributed by atoms with Crippen molar-refractivity contribution in [3.63, 3.8) is 0 Å². The van der Waals surface area contributed by atoms with Crippen LogP contribution in [0.5, 0.6) is 0 Å². The lowest BCUT2D eigenvalue weighted by Gasteiger charge is -2.04. The Morgan fingerprint density at radius 3 is 2.68 bits per heavy atom. The van der Waals surface area contributed by atoms with E-state index in [1.165, 1.54) is 46.5 Å². The molecule has 0 saturated carbocycles. The number of pyridine rings is 1. The van der Waals surface area contributed by atoms with Crippen LogP contribution in [-0.4, -0.2) is 15.5 Å². The summed E-state index contributed by atoms with van der Waals surface area (Å²) >= 11 is 1.21.